The standard InChI is InChI=1S/C16H18FN3O3/c17-11-3-1-2-10(8-11)16(23)20-6-4-12(5-7-20)18-13-9-14(21)19-15(13)22/h1-3,8,12-13,18H,4-7,9H2,(H,19,21,22)/p+1/t13-/m0/s1. The molecule has 1 aromatic rings. The second-order valence-corrected chi connectivity index (χ2v) is 6.06. The largest absolute Gasteiger partial charge is 0.338 e. The van der Waals surface area contributed by atoms with Crippen LogP contribution in [0, 0.1) is 5.82 Å². The summed E-state index contributed by atoms with van der Waals surface area (Å²) in [6.45, 7) is 1.14. The maximum atomic E-state index is 13.2. The Balaban J connectivity index is 1.53. The van der Waals surface area contributed by atoms with Gasteiger partial charge in [0.2, 0.25) is 5.91 Å². The first-order valence-electron chi connectivity index (χ1n) is 7.76. The van der Waals surface area contributed by atoms with Crippen molar-refractivity contribution in [1.29, 1.82) is 0 Å². The number of carbonyl (C=O) groups is 3. The zero-order valence-electron chi connectivity index (χ0n) is 12.6. The van der Waals surface area contributed by atoms with Crippen LogP contribution in [0.25, 0.3) is 0 Å². The van der Waals surface area contributed by atoms with Gasteiger partial charge in [0, 0.05) is 31.5 Å². The smallest absolute Gasteiger partial charge is 0.285 e. The van der Waals surface area contributed by atoms with E-state index < -0.39 is 5.82 Å². The zero-order chi connectivity index (χ0) is 16.4. The van der Waals surface area contributed by atoms with Crippen LogP contribution in [0.4, 0.5) is 4.39 Å². The van der Waals surface area contributed by atoms with Crippen LogP contribution in [-0.4, -0.2) is 47.8 Å². The number of rotatable bonds is 3. The Bertz CT molecular complexity index is 641. The lowest BCUT2D eigenvalue weighted by atomic mass is 10.0. The van der Waals surface area contributed by atoms with E-state index in [1.165, 1.54) is 18.2 Å². The molecule has 0 radical (unpaired) electrons. The van der Waals surface area contributed by atoms with Crippen molar-refractivity contribution in [2.45, 2.75) is 31.3 Å². The molecule has 2 aliphatic heterocycles. The molecule has 1 aromatic carbocycles. The van der Waals surface area contributed by atoms with Crippen LogP contribution >= 0.6 is 0 Å². The van der Waals surface area contributed by atoms with Gasteiger partial charge in [-0.05, 0) is 18.2 Å². The molecule has 0 saturated carbocycles. The number of likely N-dealkylation sites (tertiary alicyclic amines) is 1. The Hall–Kier alpha value is -2.28. The third-order valence-electron chi connectivity index (χ3n) is 4.41. The number of benzene rings is 1. The van der Waals surface area contributed by atoms with Gasteiger partial charge in [-0.25, -0.2) is 4.39 Å². The van der Waals surface area contributed by atoms with Crippen molar-refractivity contribution in [3.05, 3.63) is 35.6 Å². The first-order chi connectivity index (χ1) is 11.0. The number of nitrogens with one attached hydrogen (secondary N) is 1. The lowest BCUT2D eigenvalue weighted by molar-refractivity contribution is -0.710. The third-order valence-corrected chi connectivity index (χ3v) is 4.41. The fourth-order valence-electron chi connectivity index (χ4n) is 3.16. The van der Waals surface area contributed by atoms with Crippen molar-refractivity contribution in [3.8, 4) is 0 Å². The van der Waals surface area contributed by atoms with E-state index in [1.807, 2.05) is 5.32 Å². The Morgan fingerprint density at radius 1 is 1.26 bits per heavy atom. The van der Waals surface area contributed by atoms with E-state index in [4.69, 9.17) is 0 Å². The maximum absolute atomic E-state index is 13.2. The van der Waals surface area contributed by atoms with Gasteiger partial charge >= 0.3 is 0 Å². The van der Waals surface area contributed by atoms with Crippen LogP contribution in [0.5, 0.6) is 0 Å². The number of nitrogens with zero attached hydrogens (tertiary/aromatic N) is 1. The second-order valence-electron chi connectivity index (χ2n) is 6.06. The SMILES string of the molecule is O=C1C[C@H]([NH2+]C2CCN(C(=O)c3cccc(F)c3)CC2)C(=O)N1. The molecule has 0 bridgehead atoms. The van der Waals surface area contributed by atoms with Gasteiger partial charge < -0.3 is 10.2 Å². The summed E-state index contributed by atoms with van der Waals surface area (Å²) in [5.41, 5.74) is 0.355. The van der Waals surface area contributed by atoms with E-state index in [-0.39, 0.29) is 36.2 Å². The number of nitrogens with two attached hydrogens (primary N) is 1. The Morgan fingerprint density at radius 3 is 2.61 bits per heavy atom. The van der Waals surface area contributed by atoms with Gasteiger partial charge in [-0.1, -0.05) is 6.07 Å². The number of halogens is 1. The van der Waals surface area contributed by atoms with Gasteiger partial charge in [0.25, 0.3) is 11.8 Å². The molecule has 2 fully saturated rings. The van der Waals surface area contributed by atoms with Gasteiger partial charge in [0.15, 0.2) is 6.04 Å². The van der Waals surface area contributed by atoms with E-state index in [1.54, 1.807) is 11.0 Å². The monoisotopic (exact) mass is 320 g/mol. The second kappa shape index (κ2) is 6.45. The molecular weight excluding hydrogens is 301 g/mol. The van der Waals surface area contributed by atoms with Gasteiger partial charge in [-0.3, -0.25) is 19.7 Å². The molecule has 7 heteroatoms. The molecule has 23 heavy (non-hydrogen) atoms. The number of piperidine rings is 1. The summed E-state index contributed by atoms with van der Waals surface area (Å²) in [4.78, 5) is 36.8. The summed E-state index contributed by atoms with van der Waals surface area (Å²) in [6.07, 6.45) is 1.72. The highest BCUT2D eigenvalue weighted by Gasteiger charge is 2.36. The van der Waals surface area contributed by atoms with Crippen molar-refractivity contribution < 1.29 is 24.1 Å². The number of hydrogen-bond donors (Lipinski definition) is 2. The molecule has 122 valence electrons. The third kappa shape index (κ3) is 3.56. The summed E-state index contributed by atoms with van der Waals surface area (Å²) in [5.74, 6) is -1.05. The first-order valence-corrected chi connectivity index (χ1v) is 7.76. The minimum atomic E-state index is -0.420. The maximum Gasteiger partial charge on any atom is 0.285 e. The average molecular weight is 320 g/mol. The number of quaternary nitrogens is 1. The average Bonchev–Trinajstić information content (AvgIpc) is 2.85. The lowest BCUT2D eigenvalue weighted by Crippen LogP contribution is -2.97. The van der Waals surface area contributed by atoms with Crippen LogP contribution < -0.4 is 10.6 Å². The fourth-order valence-corrected chi connectivity index (χ4v) is 3.16. The zero-order valence-corrected chi connectivity index (χ0v) is 12.6. The Labute approximate surface area is 133 Å². The van der Waals surface area contributed by atoms with Crippen molar-refractivity contribution in [2.75, 3.05) is 13.1 Å². The molecule has 2 aliphatic rings. The van der Waals surface area contributed by atoms with Gasteiger partial charge in [-0.2, -0.15) is 0 Å². The normalized spacial score (nSPS) is 22.3. The van der Waals surface area contributed by atoms with E-state index in [2.05, 4.69) is 5.32 Å². The number of imide groups is 1. The van der Waals surface area contributed by atoms with Crippen molar-refractivity contribution in [3.63, 3.8) is 0 Å². The highest BCUT2D eigenvalue weighted by atomic mass is 19.1. The predicted molar refractivity (Wildman–Crippen MR) is 78.8 cm³/mol. The van der Waals surface area contributed by atoms with E-state index >= 15 is 0 Å². The van der Waals surface area contributed by atoms with Crippen molar-refractivity contribution in [1.82, 2.24) is 10.2 Å². The van der Waals surface area contributed by atoms with E-state index in [0.29, 0.717) is 18.7 Å². The molecule has 0 unspecified atom stereocenters. The molecule has 3 N–H and O–H groups in total. The topological polar surface area (TPSA) is 83.1 Å². The molecule has 0 aliphatic carbocycles. The van der Waals surface area contributed by atoms with Gasteiger partial charge in [0.1, 0.15) is 5.82 Å². The minimum absolute atomic E-state index is 0.170. The molecule has 2 heterocycles. The highest BCUT2D eigenvalue weighted by Crippen LogP contribution is 2.13. The van der Waals surface area contributed by atoms with Crippen molar-refractivity contribution in [2.24, 2.45) is 0 Å². The quantitative estimate of drug-likeness (QED) is 0.730. The summed E-state index contributed by atoms with van der Waals surface area (Å²) in [6, 6.07) is 5.56. The van der Waals surface area contributed by atoms with E-state index in [0.717, 1.165) is 12.8 Å². The predicted octanol–water partition coefficient (Wildman–Crippen LogP) is -0.591. The first kappa shape index (κ1) is 15.6. The fraction of sp³-hybridized carbons (Fsp3) is 0.438. The Kier molecular flexibility index (Phi) is 4.38. The van der Waals surface area contributed by atoms with Gasteiger partial charge in [-0.15, -0.1) is 0 Å². The van der Waals surface area contributed by atoms with Crippen molar-refractivity contribution >= 4 is 17.7 Å². The summed E-state index contributed by atoms with van der Waals surface area (Å²) >= 11 is 0. The van der Waals surface area contributed by atoms with Crippen LogP contribution in [0.3, 0.4) is 0 Å². The highest BCUT2D eigenvalue weighted by molar-refractivity contribution is 6.04. The minimum Gasteiger partial charge on any atom is -0.338 e. The van der Waals surface area contributed by atoms with Crippen LogP contribution in [0.15, 0.2) is 24.3 Å². The van der Waals surface area contributed by atoms with Crippen LogP contribution in [-0.2, 0) is 9.59 Å². The molecule has 1 atom stereocenters. The molecule has 2 saturated heterocycles. The summed E-state index contributed by atoms with van der Waals surface area (Å²) in [7, 11) is 0. The molecule has 3 amide bonds. The number of carbonyl (C=O) groups excluding carboxylic acids is 3. The number of amides is 3. The van der Waals surface area contributed by atoms with Crippen LogP contribution in [0.2, 0.25) is 0 Å². The van der Waals surface area contributed by atoms with Gasteiger partial charge in [0.05, 0.1) is 12.5 Å². The summed E-state index contributed by atoms with van der Waals surface area (Å²) in [5, 5.41) is 4.24. The molecule has 0 aromatic heterocycles. The molecule has 6 nitrogen and oxygen atoms in total. The molecular formula is C16H19FN3O3+. The Morgan fingerprint density at radius 2 is 2.00 bits per heavy atom. The molecule has 3 rings (SSSR count). The van der Waals surface area contributed by atoms with Crippen LogP contribution in [0.1, 0.15) is 29.6 Å². The lowest BCUT2D eigenvalue weighted by Gasteiger charge is -2.31. The molecule has 0 spiro atoms. The number of hydrogen-bond acceptors (Lipinski definition) is 3. The van der Waals surface area contributed by atoms with E-state index in [9.17, 15) is 18.8 Å². The summed E-state index contributed by atoms with van der Waals surface area (Å²) < 4.78 is 13.2.